The van der Waals surface area contributed by atoms with Crippen LogP contribution < -0.4 is 10.2 Å². The molecule has 1 aromatic heterocycles. The van der Waals surface area contributed by atoms with E-state index in [0.29, 0.717) is 0 Å². The van der Waals surface area contributed by atoms with Gasteiger partial charge in [0.05, 0.1) is 6.54 Å². The van der Waals surface area contributed by atoms with Crippen LogP contribution in [0.4, 0.5) is 5.69 Å². The quantitative estimate of drug-likeness (QED) is 0.871. The Bertz CT molecular complexity index is 572. The van der Waals surface area contributed by atoms with Gasteiger partial charge in [-0.25, -0.2) is 0 Å². The van der Waals surface area contributed by atoms with E-state index in [0.717, 1.165) is 30.7 Å². The van der Waals surface area contributed by atoms with E-state index in [2.05, 4.69) is 47.6 Å². The molecule has 2 aromatic rings. The number of rotatable bonds is 6. The minimum absolute atomic E-state index is 0.737. The van der Waals surface area contributed by atoms with E-state index < -0.39 is 0 Å². The molecule has 1 aliphatic rings. The monoisotopic (exact) mass is 270 g/mol. The minimum Gasteiger partial charge on any atom is -0.464 e. The molecule has 0 bridgehead atoms. The summed E-state index contributed by atoms with van der Waals surface area (Å²) in [7, 11) is 2.12. The largest absolute Gasteiger partial charge is 0.464 e. The molecule has 3 nitrogen and oxygen atoms in total. The average Bonchev–Trinajstić information content (AvgIpc) is 3.19. The first kappa shape index (κ1) is 13.3. The summed E-state index contributed by atoms with van der Waals surface area (Å²) in [4.78, 5) is 2.25. The highest BCUT2D eigenvalue weighted by Gasteiger charge is 2.20. The van der Waals surface area contributed by atoms with Crippen LogP contribution in [0, 0.1) is 6.92 Å². The van der Waals surface area contributed by atoms with E-state index >= 15 is 0 Å². The van der Waals surface area contributed by atoms with Gasteiger partial charge in [-0.15, -0.1) is 0 Å². The molecule has 0 unspecified atom stereocenters. The van der Waals surface area contributed by atoms with Gasteiger partial charge in [-0.05, 0) is 43.5 Å². The number of hydrogen-bond donors (Lipinski definition) is 1. The van der Waals surface area contributed by atoms with E-state index in [1.165, 1.54) is 24.1 Å². The zero-order chi connectivity index (χ0) is 13.9. The van der Waals surface area contributed by atoms with Crippen LogP contribution in [0.15, 0.2) is 40.8 Å². The number of nitrogens with zero attached hydrogens (tertiary/aromatic N) is 1. The summed E-state index contributed by atoms with van der Waals surface area (Å²) in [6.45, 7) is 3.73. The standard InChI is InChI=1S/C17H22N2O/c1-13-7-10-16(20-13)12-19(2)17-6-4-3-5-14(17)11-18-15-8-9-15/h3-7,10,15,18H,8-9,11-12H2,1-2H3. The molecule has 1 N–H and O–H groups in total. The van der Waals surface area contributed by atoms with Gasteiger partial charge in [0, 0.05) is 25.3 Å². The van der Waals surface area contributed by atoms with Gasteiger partial charge < -0.3 is 14.6 Å². The lowest BCUT2D eigenvalue weighted by atomic mass is 10.1. The molecular weight excluding hydrogens is 248 g/mol. The molecule has 3 heteroatoms. The predicted octanol–water partition coefficient (Wildman–Crippen LogP) is 3.48. The molecule has 1 aliphatic carbocycles. The van der Waals surface area contributed by atoms with E-state index in [-0.39, 0.29) is 0 Å². The molecule has 1 heterocycles. The van der Waals surface area contributed by atoms with Gasteiger partial charge >= 0.3 is 0 Å². The molecule has 1 aromatic carbocycles. The number of benzene rings is 1. The predicted molar refractivity (Wildman–Crippen MR) is 81.9 cm³/mol. The van der Waals surface area contributed by atoms with Gasteiger partial charge in [-0.1, -0.05) is 18.2 Å². The summed E-state index contributed by atoms with van der Waals surface area (Å²) in [6, 6.07) is 13.4. The Labute approximate surface area is 120 Å². The fourth-order valence-corrected chi connectivity index (χ4v) is 2.46. The van der Waals surface area contributed by atoms with Crippen LogP contribution in [0.5, 0.6) is 0 Å². The van der Waals surface area contributed by atoms with Gasteiger partial charge in [0.25, 0.3) is 0 Å². The van der Waals surface area contributed by atoms with E-state index in [1.807, 2.05) is 13.0 Å². The zero-order valence-electron chi connectivity index (χ0n) is 12.2. The normalized spacial score (nSPS) is 14.5. The fourth-order valence-electron chi connectivity index (χ4n) is 2.46. The summed E-state index contributed by atoms with van der Waals surface area (Å²) < 4.78 is 5.67. The van der Waals surface area contributed by atoms with Crippen LogP contribution >= 0.6 is 0 Å². The molecule has 0 amide bonds. The van der Waals surface area contributed by atoms with Gasteiger partial charge in [0.2, 0.25) is 0 Å². The molecule has 0 saturated heterocycles. The van der Waals surface area contributed by atoms with Crippen LogP contribution in [0.3, 0.4) is 0 Å². The summed E-state index contributed by atoms with van der Waals surface area (Å²) >= 11 is 0. The molecule has 106 valence electrons. The first-order valence-corrected chi connectivity index (χ1v) is 7.30. The number of nitrogens with one attached hydrogen (secondary N) is 1. The number of furan rings is 1. The Kier molecular flexibility index (Phi) is 3.79. The Hall–Kier alpha value is -1.74. The van der Waals surface area contributed by atoms with E-state index in [9.17, 15) is 0 Å². The van der Waals surface area contributed by atoms with E-state index in [4.69, 9.17) is 4.42 Å². The Morgan fingerprint density at radius 1 is 1.20 bits per heavy atom. The van der Waals surface area contributed by atoms with Crippen LogP contribution in [0.2, 0.25) is 0 Å². The van der Waals surface area contributed by atoms with Crippen molar-refractivity contribution in [1.29, 1.82) is 0 Å². The second-order valence-electron chi connectivity index (χ2n) is 5.65. The topological polar surface area (TPSA) is 28.4 Å². The summed E-state index contributed by atoms with van der Waals surface area (Å²) in [5.41, 5.74) is 2.62. The van der Waals surface area contributed by atoms with Gasteiger partial charge in [0.15, 0.2) is 0 Å². The number of hydrogen-bond acceptors (Lipinski definition) is 3. The van der Waals surface area contributed by atoms with Crippen molar-refractivity contribution in [3.05, 3.63) is 53.5 Å². The summed E-state index contributed by atoms with van der Waals surface area (Å²) in [5.74, 6) is 1.98. The van der Waals surface area contributed by atoms with Crippen molar-refractivity contribution >= 4 is 5.69 Å². The fraction of sp³-hybridized carbons (Fsp3) is 0.412. The highest BCUT2D eigenvalue weighted by Crippen LogP contribution is 2.24. The Morgan fingerprint density at radius 2 is 2.00 bits per heavy atom. The first-order chi connectivity index (χ1) is 9.72. The zero-order valence-corrected chi connectivity index (χ0v) is 12.2. The van der Waals surface area contributed by atoms with Crippen molar-refractivity contribution in [3.8, 4) is 0 Å². The third kappa shape index (κ3) is 3.23. The second kappa shape index (κ2) is 5.71. The number of anilines is 1. The molecule has 0 radical (unpaired) electrons. The van der Waals surface area contributed by atoms with Gasteiger partial charge in [-0.3, -0.25) is 0 Å². The maximum atomic E-state index is 5.67. The maximum Gasteiger partial charge on any atom is 0.123 e. The number of para-hydroxylation sites is 1. The van der Waals surface area contributed by atoms with Crippen LogP contribution in [0.1, 0.15) is 29.9 Å². The minimum atomic E-state index is 0.737. The molecular formula is C17H22N2O. The molecule has 0 aliphatic heterocycles. The Balaban J connectivity index is 1.70. The molecule has 0 atom stereocenters. The van der Waals surface area contributed by atoms with Gasteiger partial charge in [0.1, 0.15) is 11.5 Å². The molecule has 1 fully saturated rings. The highest BCUT2D eigenvalue weighted by molar-refractivity contribution is 5.53. The average molecular weight is 270 g/mol. The van der Waals surface area contributed by atoms with Crippen molar-refractivity contribution in [2.24, 2.45) is 0 Å². The van der Waals surface area contributed by atoms with Crippen LogP contribution in [-0.4, -0.2) is 13.1 Å². The second-order valence-corrected chi connectivity index (χ2v) is 5.65. The highest BCUT2D eigenvalue weighted by atomic mass is 16.3. The van der Waals surface area contributed by atoms with Crippen LogP contribution in [0.25, 0.3) is 0 Å². The number of aryl methyl sites for hydroxylation is 1. The maximum absolute atomic E-state index is 5.67. The molecule has 0 spiro atoms. The van der Waals surface area contributed by atoms with E-state index in [1.54, 1.807) is 0 Å². The molecule has 1 saturated carbocycles. The Morgan fingerprint density at radius 3 is 2.70 bits per heavy atom. The lowest BCUT2D eigenvalue weighted by Crippen LogP contribution is -2.21. The third-order valence-electron chi connectivity index (χ3n) is 3.75. The van der Waals surface area contributed by atoms with Crippen molar-refractivity contribution in [2.75, 3.05) is 11.9 Å². The first-order valence-electron chi connectivity index (χ1n) is 7.30. The van der Waals surface area contributed by atoms with Crippen molar-refractivity contribution in [1.82, 2.24) is 5.32 Å². The lowest BCUT2D eigenvalue weighted by molar-refractivity contribution is 0.481. The summed E-state index contributed by atoms with van der Waals surface area (Å²) in [6.07, 6.45) is 2.65. The van der Waals surface area contributed by atoms with Crippen molar-refractivity contribution in [2.45, 2.75) is 38.9 Å². The SMILES string of the molecule is Cc1ccc(CN(C)c2ccccc2CNC2CC2)o1. The molecule has 20 heavy (non-hydrogen) atoms. The van der Waals surface area contributed by atoms with Crippen molar-refractivity contribution < 1.29 is 4.42 Å². The lowest BCUT2D eigenvalue weighted by Gasteiger charge is -2.21. The molecule has 3 rings (SSSR count). The summed E-state index contributed by atoms with van der Waals surface area (Å²) in [5, 5.41) is 3.59. The smallest absolute Gasteiger partial charge is 0.123 e. The van der Waals surface area contributed by atoms with Crippen LogP contribution in [-0.2, 0) is 13.1 Å². The third-order valence-corrected chi connectivity index (χ3v) is 3.75. The van der Waals surface area contributed by atoms with Crippen molar-refractivity contribution in [3.63, 3.8) is 0 Å². The van der Waals surface area contributed by atoms with Gasteiger partial charge in [-0.2, -0.15) is 0 Å².